The van der Waals surface area contributed by atoms with Crippen molar-refractivity contribution in [1.82, 2.24) is 10.6 Å². The Bertz CT molecular complexity index is 470. The minimum absolute atomic E-state index is 0. The average molecular weight is 295 g/mol. The number of nitrogens with one attached hydrogen (secondary N) is 2. The van der Waals surface area contributed by atoms with Crippen LogP contribution < -0.4 is 10.6 Å². The number of hydrogen-bond donors (Lipinski definition) is 2. The molecule has 3 rings (SSSR count). The Labute approximate surface area is 126 Å². The largest absolute Gasteiger partial charge is 0.354 e. The summed E-state index contributed by atoms with van der Waals surface area (Å²) in [7, 11) is 0. The fraction of sp³-hybridized carbons (Fsp3) is 0.562. The zero-order valence-electron chi connectivity index (χ0n) is 11.8. The van der Waals surface area contributed by atoms with Crippen molar-refractivity contribution in [3.63, 3.8) is 0 Å². The van der Waals surface area contributed by atoms with Crippen molar-refractivity contribution in [3.05, 3.63) is 34.9 Å². The van der Waals surface area contributed by atoms with Gasteiger partial charge in [-0.1, -0.05) is 18.2 Å². The third-order valence-electron chi connectivity index (χ3n) is 4.24. The Hall–Kier alpha value is -1.06. The predicted molar refractivity (Wildman–Crippen MR) is 83.5 cm³/mol. The molecule has 1 unspecified atom stereocenters. The molecule has 0 saturated carbocycles. The summed E-state index contributed by atoms with van der Waals surface area (Å²) in [5.74, 6) is 0.145. The highest BCUT2D eigenvalue weighted by Crippen LogP contribution is 2.22. The summed E-state index contributed by atoms with van der Waals surface area (Å²) in [5.41, 5.74) is 4.07. The number of benzene rings is 1. The molecule has 1 aromatic rings. The number of aryl methyl sites for hydroxylation is 2. The summed E-state index contributed by atoms with van der Waals surface area (Å²) < 4.78 is 0. The smallest absolute Gasteiger partial charge is 0.224 e. The molecule has 0 aromatic heterocycles. The third-order valence-corrected chi connectivity index (χ3v) is 4.24. The molecule has 2 N–H and O–H groups in total. The normalized spacial score (nSPS) is 20.3. The number of hydrogen-bond acceptors (Lipinski definition) is 2. The monoisotopic (exact) mass is 294 g/mol. The third kappa shape index (κ3) is 3.74. The Morgan fingerprint density at radius 3 is 2.90 bits per heavy atom. The van der Waals surface area contributed by atoms with Gasteiger partial charge in [-0.25, -0.2) is 0 Å². The molecular weight excluding hydrogens is 272 g/mol. The van der Waals surface area contributed by atoms with Crippen molar-refractivity contribution >= 4 is 18.3 Å². The van der Waals surface area contributed by atoms with Gasteiger partial charge in [-0.15, -0.1) is 12.4 Å². The molecule has 4 heteroatoms. The van der Waals surface area contributed by atoms with E-state index in [1.165, 1.54) is 43.2 Å². The van der Waals surface area contributed by atoms with Crippen molar-refractivity contribution in [3.8, 4) is 0 Å². The van der Waals surface area contributed by atoms with Crippen LogP contribution in [0.25, 0.3) is 0 Å². The van der Waals surface area contributed by atoms with Gasteiger partial charge in [0.05, 0.1) is 6.42 Å². The van der Waals surface area contributed by atoms with E-state index in [-0.39, 0.29) is 18.3 Å². The molecule has 110 valence electrons. The lowest BCUT2D eigenvalue weighted by atomic mass is 10.0. The maximum absolute atomic E-state index is 11.9. The van der Waals surface area contributed by atoms with Crippen LogP contribution in [0.2, 0.25) is 0 Å². The molecule has 1 fully saturated rings. The van der Waals surface area contributed by atoms with E-state index < -0.39 is 0 Å². The quantitative estimate of drug-likeness (QED) is 0.892. The van der Waals surface area contributed by atoms with Gasteiger partial charge < -0.3 is 10.6 Å². The van der Waals surface area contributed by atoms with Gasteiger partial charge in [-0.3, -0.25) is 4.79 Å². The van der Waals surface area contributed by atoms with Crippen LogP contribution in [0.5, 0.6) is 0 Å². The molecule has 1 aliphatic carbocycles. The van der Waals surface area contributed by atoms with Crippen molar-refractivity contribution in [2.45, 2.75) is 44.6 Å². The van der Waals surface area contributed by atoms with Gasteiger partial charge >= 0.3 is 0 Å². The van der Waals surface area contributed by atoms with Gasteiger partial charge in [0.1, 0.15) is 0 Å². The highest BCUT2D eigenvalue weighted by Gasteiger charge is 2.15. The highest BCUT2D eigenvalue weighted by molar-refractivity contribution is 5.85. The topological polar surface area (TPSA) is 41.1 Å². The van der Waals surface area contributed by atoms with Crippen molar-refractivity contribution in [2.24, 2.45) is 0 Å². The summed E-state index contributed by atoms with van der Waals surface area (Å²) in [4.78, 5) is 11.9. The van der Waals surface area contributed by atoms with E-state index in [1.807, 2.05) is 0 Å². The maximum atomic E-state index is 11.9. The number of fused-ring (bicyclic) bond motifs is 1. The lowest BCUT2D eigenvalue weighted by molar-refractivity contribution is -0.120. The Balaban J connectivity index is 0.00000147. The molecule has 0 radical (unpaired) electrons. The first-order valence-electron chi connectivity index (χ1n) is 7.42. The summed E-state index contributed by atoms with van der Waals surface area (Å²) in [5, 5.41) is 6.43. The predicted octanol–water partition coefficient (Wildman–Crippen LogP) is 2.01. The first kappa shape index (κ1) is 15.3. The van der Waals surface area contributed by atoms with E-state index in [2.05, 4.69) is 28.8 Å². The molecule has 3 nitrogen and oxygen atoms in total. The van der Waals surface area contributed by atoms with Crippen LogP contribution in [-0.2, 0) is 24.1 Å². The summed E-state index contributed by atoms with van der Waals surface area (Å²) in [6.07, 6.45) is 6.56. The number of halogens is 1. The second kappa shape index (κ2) is 7.09. The van der Waals surface area contributed by atoms with Gasteiger partial charge in [0.15, 0.2) is 0 Å². The van der Waals surface area contributed by atoms with Gasteiger partial charge in [0, 0.05) is 12.6 Å². The lowest BCUT2D eigenvalue weighted by Gasteiger charge is -2.11. The first-order chi connectivity index (χ1) is 9.31. The van der Waals surface area contributed by atoms with E-state index >= 15 is 0 Å². The molecule has 1 atom stereocenters. The summed E-state index contributed by atoms with van der Waals surface area (Å²) in [6.45, 7) is 1.86. The number of rotatable bonds is 4. The van der Waals surface area contributed by atoms with E-state index in [4.69, 9.17) is 0 Å². The second-order valence-electron chi connectivity index (χ2n) is 5.73. The molecule has 1 heterocycles. The molecule has 0 spiro atoms. The molecule has 1 saturated heterocycles. The van der Waals surface area contributed by atoms with Crippen LogP contribution in [0.4, 0.5) is 0 Å². The molecule has 1 aromatic carbocycles. The van der Waals surface area contributed by atoms with Crippen LogP contribution in [0.1, 0.15) is 36.0 Å². The maximum Gasteiger partial charge on any atom is 0.224 e. The van der Waals surface area contributed by atoms with Crippen LogP contribution in [0.15, 0.2) is 18.2 Å². The van der Waals surface area contributed by atoms with Gasteiger partial charge in [-0.05, 0) is 55.3 Å². The number of amides is 1. The van der Waals surface area contributed by atoms with Crippen LogP contribution in [-0.4, -0.2) is 25.0 Å². The van der Waals surface area contributed by atoms with E-state index in [0.717, 1.165) is 18.7 Å². The molecule has 1 aliphatic heterocycles. The molecule has 0 bridgehead atoms. The number of carbonyl (C=O) groups excluding carboxylic acids is 1. The van der Waals surface area contributed by atoms with Crippen LogP contribution >= 0.6 is 12.4 Å². The molecular formula is C16H23ClN2O. The van der Waals surface area contributed by atoms with Gasteiger partial charge in [0.25, 0.3) is 0 Å². The van der Waals surface area contributed by atoms with E-state index in [0.29, 0.717) is 12.5 Å². The van der Waals surface area contributed by atoms with Crippen molar-refractivity contribution in [2.75, 3.05) is 13.1 Å². The SMILES string of the molecule is Cl.O=C(Cc1ccc2c(c1)CCC2)NCC1CCCN1. The Morgan fingerprint density at radius 1 is 1.25 bits per heavy atom. The molecule has 20 heavy (non-hydrogen) atoms. The zero-order chi connectivity index (χ0) is 13.1. The van der Waals surface area contributed by atoms with Crippen LogP contribution in [0, 0.1) is 0 Å². The van der Waals surface area contributed by atoms with Crippen LogP contribution in [0.3, 0.4) is 0 Å². The Kier molecular flexibility index (Phi) is 5.44. The fourth-order valence-corrected chi connectivity index (χ4v) is 3.15. The minimum atomic E-state index is 0. The lowest BCUT2D eigenvalue weighted by Crippen LogP contribution is -2.37. The van der Waals surface area contributed by atoms with E-state index in [9.17, 15) is 4.79 Å². The molecule has 2 aliphatic rings. The summed E-state index contributed by atoms with van der Waals surface area (Å²) in [6, 6.07) is 7.00. The number of carbonyl (C=O) groups is 1. The zero-order valence-corrected chi connectivity index (χ0v) is 12.6. The van der Waals surface area contributed by atoms with Crippen molar-refractivity contribution < 1.29 is 4.79 Å². The average Bonchev–Trinajstić information content (AvgIpc) is 3.07. The molecule has 1 amide bonds. The van der Waals surface area contributed by atoms with Gasteiger partial charge in [-0.2, -0.15) is 0 Å². The highest BCUT2D eigenvalue weighted by atomic mass is 35.5. The summed E-state index contributed by atoms with van der Waals surface area (Å²) >= 11 is 0. The van der Waals surface area contributed by atoms with Gasteiger partial charge in [0.2, 0.25) is 5.91 Å². The van der Waals surface area contributed by atoms with Crippen molar-refractivity contribution in [1.29, 1.82) is 0 Å². The standard InChI is InChI=1S/C16H22N2O.ClH/c19-16(18-11-15-5-2-8-17-15)10-12-6-7-13-3-1-4-14(13)9-12;/h6-7,9,15,17H,1-5,8,10-11H2,(H,18,19);1H. The minimum Gasteiger partial charge on any atom is -0.354 e. The Morgan fingerprint density at radius 2 is 2.10 bits per heavy atom. The van der Waals surface area contributed by atoms with E-state index in [1.54, 1.807) is 0 Å². The second-order valence-corrected chi connectivity index (χ2v) is 5.73. The fourth-order valence-electron chi connectivity index (χ4n) is 3.15. The first-order valence-corrected chi connectivity index (χ1v) is 7.42.